The maximum atomic E-state index is 12.9. The molecule has 3 aliphatic carbocycles. The maximum Gasteiger partial charge on any atom is 0.173 e. The number of rotatable bonds is 0. The molecule has 0 radical (unpaired) electrons. The minimum atomic E-state index is -0.576. The van der Waals surface area contributed by atoms with Crippen molar-refractivity contribution in [3.8, 4) is 0 Å². The third-order valence-electron chi connectivity index (χ3n) is 8.13. The van der Waals surface area contributed by atoms with Crippen LogP contribution in [0.4, 0.5) is 0 Å². The van der Waals surface area contributed by atoms with Crippen molar-refractivity contribution in [1.82, 2.24) is 0 Å². The molecule has 2 nitrogen and oxygen atoms in total. The molecule has 2 heteroatoms. The summed E-state index contributed by atoms with van der Waals surface area (Å²) in [6.07, 6.45) is 6.77. The molecule has 20 heavy (non-hydrogen) atoms. The average Bonchev–Trinajstić information content (AvgIpc) is 2.49. The predicted octanol–water partition coefficient (Wildman–Crippen LogP) is 3.69. The fourth-order valence-corrected chi connectivity index (χ4v) is 6.46. The van der Waals surface area contributed by atoms with Gasteiger partial charge in [-0.2, -0.15) is 0 Å². The summed E-state index contributed by atoms with van der Waals surface area (Å²) in [6, 6.07) is 0. The first-order valence-corrected chi connectivity index (χ1v) is 8.36. The van der Waals surface area contributed by atoms with Crippen LogP contribution in [-0.4, -0.2) is 16.5 Å². The minimum Gasteiger partial charge on any atom is -0.440 e. The third-order valence-corrected chi connectivity index (χ3v) is 8.13. The molecule has 3 fully saturated rings. The van der Waals surface area contributed by atoms with Gasteiger partial charge in [0.2, 0.25) is 0 Å². The van der Waals surface area contributed by atoms with Gasteiger partial charge in [0.25, 0.3) is 0 Å². The smallest absolute Gasteiger partial charge is 0.173 e. The summed E-state index contributed by atoms with van der Waals surface area (Å²) in [7, 11) is 0. The molecule has 0 aromatic carbocycles. The van der Waals surface area contributed by atoms with E-state index in [0.29, 0.717) is 18.1 Å². The summed E-state index contributed by atoms with van der Waals surface area (Å²) in [4.78, 5) is 12.9. The van der Waals surface area contributed by atoms with Gasteiger partial charge in [0.1, 0.15) is 5.78 Å². The van der Waals surface area contributed by atoms with Gasteiger partial charge < -0.3 is 5.11 Å². The van der Waals surface area contributed by atoms with Gasteiger partial charge in [0.05, 0.1) is 5.92 Å². The number of hydrogen-bond donors (Lipinski definition) is 0. The zero-order valence-electron chi connectivity index (χ0n) is 13.8. The Balaban J connectivity index is 2.16. The summed E-state index contributed by atoms with van der Waals surface area (Å²) in [5, 5.41) is 8.81. The molecule has 114 valence electrons. The van der Waals surface area contributed by atoms with E-state index in [1.807, 2.05) is 6.92 Å². The van der Waals surface area contributed by atoms with Gasteiger partial charge in [0, 0.05) is 19.3 Å². The molecular formula is C18H31O2+. The van der Waals surface area contributed by atoms with Crippen molar-refractivity contribution < 1.29 is 9.90 Å². The molecular weight excluding hydrogens is 248 g/mol. The van der Waals surface area contributed by atoms with E-state index in [4.69, 9.17) is 5.11 Å². The largest absolute Gasteiger partial charge is 0.440 e. The molecule has 6 unspecified atom stereocenters. The number of ketones is 1. The molecule has 0 heterocycles. The van der Waals surface area contributed by atoms with Crippen molar-refractivity contribution in [1.29, 1.82) is 0 Å². The Morgan fingerprint density at radius 3 is 2.35 bits per heavy atom. The predicted molar refractivity (Wildman–Crippen MR) is 81.7 cm³/mol. The van der Waals surface area contributed by atoms with Crippen molar-refractivity contribution in [2.75, 3.05) is 0 Å². The molecule has 0 aliphatic heterocycles. The Labute approximate surface area is 123 Å². The van der Waals surface area contributed by atoms with Crippen LogP contribution in [0.2, 0.25) is 0 Å². The van der Waals surface area contributed by atoms with Gasteiger partial charge in [-0.05, 0) is 35.5 Å². The van der Waals surface area contributed by atoms with E-state index >= 15 is 0 Å². The van der Waals surface area contributed by atoms with Crippen molar-refractivity contribution >= 4 is 5.78 Å². The summed E-state index contributed by atoms with van der Waals surface area (Å²) in [5.41, 5.74) is -0.168. The van der Waals surface area contributed by atoms with Gasteiger partial charge in [-0.25, -0.2) is 0 Å². The molecule has 0 spiro atoms. The molecule has 3 saturated carbocycles. The molecule has 0 amide bonds. The first-order chi connectivity index (χ1) is 9.08. The standard InChI is InChI=1S/C18H30O2/c1-12-10-16(3)14(18(12,5)20)13(19)11-15(2)8-6-7-9-17(15,16)4/h12,14,20H,6-11H2,1-5H3/p+1. The maximum absolute atomic E-state index is 12.9. The van der Waals surface area contributed by atoms with E-state index in [1.54, 1.807) is 0 Å². The summed E-state index contributed by atoms with van der Waals surface area (Å²) < 4.78 is 0. The number of fused-ring (bicyclic) bond motifs is 3. The Kier molecular flexibility index (Phi) is 2.83. The van der Waals surface area contributed by atoms with Crippen LogP contribution in [0.3, 0.4) is 0 Å². The third kappa shape index (κ3) is 1.42. The summed E-state index contributed by atoms with van der Waals surface area (Å²) >= 11 is 0. The second kappa shape index (κ2) is 3.88. The van der Waals surface area contributed by atoms with Crippen LogP contribution in [0.15, 0.2) is 0 Å². The monoisotopic (exact) mass is 279 g/mol. The number of hydrogen-bond acceptors (Lipinski definition) is 1. The lowest BCUT2D eigenvalue weighted by molar-refractivity contribution is -0.183. The molecule has 3 aliphatic rings. The van der Waals surface area contributed by atoms with Crippen molar-refractivity contribution in [2.24, 2.45) is 28.1 Å². The summed E-state index contributed by atoms with van der Waals surface area (Å²) in [5.74, 6) is 0.653. The first kappa shape index (κ1) is 14.6. The lowest BCUT2D eigenvalue weighted by Gasteiger charge is -2.63. The van der Waals surface area contributed by atoms with Crippen LogP contribution in [0.25, 0.3) is 0 Å². The topological polar surface area (TPSA) is 40.0 Å². The van der Waals surface area contributed by atoms with E-state index < -0.39 is 5.60 Å². The van der Waals surface area contributed by atoms with Crippen molar-refractivity contribution in [3.63, 3.8) is 0 Å². The average molecular weight is 279 g/mol. The molecule has 0 aromatic rings. The second-order valence-corrected chi connectivity index (χ2v) is 8.98. The number of carbonyl (C=O) groups is 1. The van der Waals surface area contributed by atoms with Gasteiger partial charge in [-0.3, -0.25) is 4.79 Å². The molecule has 0 bridgehead atoms. The van der Waals surface area contributed by atoms with E-state index in [-0.39, 0.29) is 22.2 Å². The number of carbonyl (C=O) groups excluding carboxylic acids is 1. The zero-order chi connectivity index (χ0) is 15.0. The molecule has 0 aromatic heterocycles. The lowest BCUT2D eigenvalue weighted by atomic mass is 9.40. The highest BCUT2D eigenvalue weighted by atomic mass is 16.3. The highest BCUT2D eigenvalue weighted by Gasteiger charge is 2.73. The molecule has 2 N–H and O–H groups in total. The van der Waals surface area contributed by atoms with E-state index in [2.05, 4.69) is 27.7 Å². The Morgan fingerprint density at radius 2 is 1.70 bits per heavy atom. The highest BCUT2D eigenvalue weighted by Crippen LogP contribution is 2.73. The van der Waals surface area contributed by atoms with Crippen molar-refractivity contribution in [3.05, 3.63) is 0 Å². The first-order valence-electron chi connectivity index (χ1n) is 8.36. The van der Waals surface area contributed by atoms with Crippen LogP contribution in [0.5, 0.6) is 0 Å². The van der Waals surface area contributed by atoms with Gasteiger partial charge in [0.15, 0.2) is 5.60 Å². The van der Waals surface area contributed by atoms with Crippen molar-refractivity contribution in [2.45, 2.75) is 78.7 Å². The quantitative estimate of drug-likeness (QED) is 0.623. The van der Waals surface area contributed by atoms with Crippen LogP contribution >= 0.6 is 0 Å². The SMILES string of the molecule is CC1CC2(C)C(C(=O)CC3(C)CCCCC32C)C1(C)[OH2+]. The molecule has 0 saturated heterocycles. The van der Waals surface area contributed by atoms with E-state index in [9.17, 15) is 4.79 Å². The highest BCUT2D eigenvalue weighted by molar-refractivity contribution is 5.85. The van der Waals surface area contributed by atoms with E-state index in [1.165, 1.54) is 25.7 Å². The fourth-order valence-electron chi connectivity index (χ4n) is 6.46. The molecule has 6 atom stereocenters. The van der Waals surface area contributed by atoms with Crippen LogP contribution in [0.1, 0.15) is 73.1 Å². The summed E-state index contributed by atoms with van der Waals surface area (Å²) in [6.45, 7) is 11.3. The minimum absolute atomic E-state index is 0.0212. The van der Waals surface area contributed by atoms with Gasteiger partial charge in [-0.1, -0.05) is 40.5 Å². The zero-order valence-corrected chi connectivity index (χ0v) is 13.8. The van der Waals surface area contributed by atoms with E-state index in [0.717, 1.165) is 6.42 Å². The lowest BCUT2D eigenvalue weighted by Crippen LogP contribution is -2.62. The Morgan fingerprint density at radius 1 is 1.10 bits per heavy atom. The normalized spacial score (nSPS) is 59.2. The van der Waals surface area contributed by atoms with Crippen LogP contribution < -0.4 is 0 Å². The second-order valence-electron chi connectivity index (χ2n) is 8.98. The van der Waals surface area contributed by atoms with Gasteiger partial charge in [-0.15, -0.1) is 0 Å². The number of Topliss-reactive ketones (excluding diaryl/α,β-unsaturated/α-hetero) is 1. The molecule has 3 rings (SSSR count). The Hall–Kier alpha value is -0.370. The van der Waals surface area contributed by atoms with Crippen LogP contribution in [0, 0.1) is 28.1 Å². The van der Waals surface area contributed by atoms with Gasteiger partial charge >= 0.3 is 0 Å². The Bertz CT molecular complexity index is 454. The fraction of sp³-hybridized carbons (Fsp3) is 0.944. The van der Waals surface area contributed by atoms with Crippen LogP contribution in [-0.2, 0) is 4.79 Å².